The van der Waals surface area contributed by atoms with Crippen molar-refractivity contribution >= 4 is 21.6 Å². The maximum absolute atomic E-state index is 5.31. The van der Waals surface area contributed by atoms with E-state index in [4.69, 9.17) is 10.8 Å². The first-order chi connectivity index (χ1) is 10.7. The molecule has 0 aliphatic carbocycles. The van der Waals surface area contributed by atoms with E-state index in [1.807, 2.05) is 0 Å². The Labute approximate surface area is 141 Å². The smallest absolute Gasteiger partial charge is 0.0527 e. The van der Waals surface area contributed by atoms with Gasteiger partial charge in [0.1, 0.15) is 0 Å². The monoisotopic (exact) mass is 367 g/mol. The van der Waals surface area contributed by atoms with Gasteiger partial charge in [0.25, 0.3) is 0 Å². The van der Waals surface area contributed by atoms with Gasteiger partial charge in [-0.25, -0.2) is 0 Å². The first-order valence-corrected chi connectivity index (χ1v) is 8.58. The van der Waals surface area contributed by atoms with Crippen LogP contribution in [0.1, 0.15) is 12.0 Å². The Bertz CT molecular complexity index is 474. The van der Waals surface area contributed by atoms with Gasteiger partial charge in [-0.15, -0.1) is 0 Å². The maximum atomic E-state index is 5.31. The number of aliphatic imine (C=N–C) groups is 1. The topological polar surface area (TPSA) is 65.7 Å². The summed E-state index contributed by atoms with van der Waals surface area (Å²) in [5.41, 5.74) is 5.30. The number of piperidine rings is 1. The summed E-state index contributed by atoms with van der Waals surface area (Å²) in [6, 6.07) is 8.45. The summed E-state index contributed by atoms with van der Waals surface area (Å²) < 4.78 is 1.12. The van der Waals surface area contributed by atoms with Crippen molar-refractivity contribution in [2.45, 2.75) is 13.0 Å². The number of hydrogen-bond acceptors (Lipinski definition) is 5. The molecule has 1 aliphatic rings. The quantitative estimate of drug-likeness (QED) is 0.387. The fraction of sp³-hybridized carbons (Fsp3) is 0.562. The largest absolute Gasteiger partial charge is 0.312 e. The summed E-state index contributed by atoms with van der Waals surface area (Å²) in [6.07, 6.45) is 1.06. The van der Waals surface area contributed by atoms with E-state index >= 15 is 0 Å². The van der Waals surface area contributed by atoms with Crippen LogP contribution in [0.2, 0.25) is 0 Å². The molecule has 4 N–H and O–H groups in total. The van der Waals surface area contributed by atoms with Crippen LogP contribution in [-0.2, 0) is 6.54 Å². The Kier molecular flexibility index (Phi) is 7.48. The minimum absolute atomic E-state index is 0.493. The second-order valence-electron chi connectivity index (χ2n) is 5.79. The first kappa shape index (κ1) is 17.6. The van der Waals surface area contributed by atoms with Crippen LogP contribution in [0.25, 0.3) is 0 Å². The van der Waals surface area contributed by atoms with Gasteiger partial charge in [0.2, 0.25) is 0 Å². The molecule has 122 valence electrons. The minimum atomic E-state index is 0.493. The molecule has 1 aromatic rings. The normalized spacial score (nSPS) is 21.4. The zero-order chi connectivity index (χ0) is 15.8. The molecule has 0 amide bonds. The molecule has 1 heterocycles. The van der Waals surface area contributed by atoms with Gasteiger partial charge in [0, 0.05) is 48.8 Å². The van der Waals surface area contributed by atoms with Gasteiger partial charge < -0.3 is 10.2 Å². The third kappa shape index (κ3) is 5.78. The van der Waals surface area contributed by atoms with Gasteiger partial charge in [0.15, 0.2) is 0 Å². The summed E-state index contributed by atoms with van der Waals surface area (Å²) >= 11 is 3.46. The van der Waals surface area contributed by atoms with Crippen molar-refractivity contribution in [2.24, 2.45) is 16.8 Å². The Hall–Kier alpha value is -0.790. The second kappa shape index (κ2) is 9.37. The van der Waals surface area contributed by atoms with Gasteiger partial charge in [0.05, 0.1) is 6.54 Å². The highest BCUT2D eigenvalue weighted by atomic mass is 79.9. The lowest BCUT2D eigenvalue weighted by Gasteiger charge is -2.31. The lowest BCUT2D eigenvalue weighted by atomic mass is 9.95. The predicted octanol–water partition coefficient (Wildman–Crippen LogP) is 1.39. The number of nitrogens with zero attached hydrogens (tertiary/aromatic N) is 2. The average Bonchev–Trinajstić information content (AvgIpc) is 2.51. The van der Waals surface area contributed by atoms with Gasteiger partial charge in [-0.1, -0.05) is 28.1 Å². The van der Waals surface area contributed by atoms with E-state index in [-0.39, 0.29) is 0 Å². The minimum Gasteiger partial charge on any atom is -0.312 e. The highest BCUT2D eigenvalue weighted by Gasteiger charge is 2.22. The fourth-order valence-electron chi connectivity index (χ4n) is 2.73. The van der Waals surface area contributed by atoms with Crippen molar-refractivity contribution < 1.29 is 0 Å². The Morgan fingerprint density at radius 1 is 1.36 bits per heavy atom. The standard InChI is InChI=1S/C16H26BrN5/c1-22-9-6-16(20-7-8-21-18)14(12-22)11-19-10-13-2-4-15(17)5-3-13/h2-5,14,19,21H,6-12,18H2,1H3. The zero-order valence-corrected chi connectivity index (χ0v) is 14.8. The summed E-state index contributed by atoms with van der Waals surface area (Å²) in [5, 5.41) is 3.57. The third-order valence-electron chi connectivity index (χ3n) is 3.96. The van der Waals surface area contributed by atoms with Crippen LogP contribution in [-0.4, -0.2) is 50.4 Å². The van der Waals surface area contributed by atoms with E-state index in [1.165, 1.54) is 11.3 Å². The molecular formula is C16H26BrN5. The maximum Gasteiger partial charge on any atom is 0.0527 e. The molecule has 5 nitrogen and oxygen atoms in total. The van der Waals surface area contributed by atoms with E-state index in [9.17, 15) is 0 Å². The Morgan fingerprint density at radius 3 is 2.86 bits per heavy atom. The van der Waals surface area contributed by atoms with Crippen LogP contribution in [0.3, 0.4) is 0 Å². The molecule has 1 atom stereocenters. The van der Waals surface area contributed by atoms with E-state index in [1.54, 1.807) is 0 Å². The molecule has 6 heteroatoms. The molecular weight excluding hydrogens is 342 g/mol. The lowest BCUT2D eigenvalue weighted by Crippen LogP contribution is -2.43. The van der Waals surface area contributed by atoms with Crippen molar-refractivity contribution in [1.82, 2.24) is 15.6 Å². The molecule has 22 heavy (non-hydrogen) atoms. The van der Waals surface area contributed by atoms with E-state index in [0.29, 0.717) is 5.92 Å². The van der Waals surface area contributed by atoms with Gasteiger partial charge in [-0.2, -0.15) is 0 Å². The Balaban J connectivity index is 1.84. The number of benzene rings is 1. The van der Waals surface area contributed by atoms with Crippen molar-refractivity contribution in [1.29, 1.82) is 0 Å². The predicted molar refractivity (Wildman–Crippen MR) is 95.9 cm³/mol. The van der Waals surface area contributed by atoms with Crippen molar-refractivity contribution in [3.8, 4) is 0 Å². The molecule has 2 rings (SSSR count). The van der Waals surface area contributed by atoms with E-state index < -0.39 is 0 Å². The SMILES string of the molecule is CN1CCC(=NCCNN)C(CNCc2ccc(Br)cc2)C1. The molecule has 1 fully saturated rings. The summed E-state index contributed by atoms with van der Waals surface area (Å²) in [4.78, 5) is 7.11. The summed E-state index contributed by atoms with van der Waals surface area (Å²) in [6.45, 7) is 5.53. The molecule has 1 saturated heterocycles. The van der Waals surface area contributed by atoms with Crippen molar-refractivity contribution in [3.05, 3.63) is 34.3 Å². The van der Waals surface area contributed by atoms with Crippen LogP contribution in [0.15, 0.2) is 33.7 Å². The molecule has 0 aromatic heterocycles. The molecule has 0 radical (unpaired) electrons. The van der Waals surface area contributed by atoms with E-state index in [2.05, 4.69) is 62.9 Å². The average molecular weight is 368 g/mol. The van der Waals surface area contributed by atoms with Gasteiger partial charge in [-0.05, 0) is 31.2 Å². The first-order valence-electron chi connectivity index (χ1n) is 7.79. The van der Waals surface area contributed by atoms with Crippen LogP contribution in [0, 0.1) is 5.92 Å². The van der Waals surface area contributed by atoms with E-state index in [0.717, 1.165) is 50.2 Å². The number of halogens is 1. The van der Waals surface area contributed by atoms with Crippen LogP contribution in [0.5, 0.6) is 0 Å². The number of rotatable bonds is 7. The summed E-state index contributed by atoms with van der Waals surface area (Å²) in [5.74, 6) is 5.81. The fourth-order valence-corrected chi connectivity index (χ4v) is 2.99. The van der Waals surface area contributed by atoms with Crippen molar-refractivity contribution in [3.63, 3.8) is 0 Å². The van der Waals surface area contributed by atoms with Gasteiger partial charge in [-0.3, -0.25) is 16.3 Å². The number of nitrogens with two attached hydrogens (primary N) is 1. The number of hydrazine groups is 1. The highest BCUT2D eigenvalue weighted by Crippen LogP contribution is 2.14. The van der Waals surface area contributed by atoms with Crippen LogP contribution in [0.4, 0.5) is 0 Å². The number of hydrogen-bond donors (Lipinski definition) is 3. The van der Waals surface area contributed by atoms with Crippen molar-refractivity contribution in [2.75, 3.05) is 39.8 Å². The molecule has 1 aromatic carbocycles. The third-order valence-corrected chi connectivity index (χ3v) is 4.49. The second-order valence-corrected chi connectivity index (χ2v) is 6.71. The van der Waals surface area contributed by atoms with Crippen LogP contribution < -0.4 is 16.6 Å². The molecule has 0 saturated carbocycles. The van der Waals surface area contributed by atoms with Gasteiger partial charge >= 0.3 is 0 Å². The number of nitrogens with one attached hydrogen (secondary N) is 2. The zero-order valence-electron chi connectivity index (χ0n) is 13.2. The Morgan fingerprint density at radius 2 is 2.14 bits per heavy atom. The molecule has 1 aliphatic heterocycles. The summed E-state index contributed by atoms with van der Waals surface area (Å²) in [7, 11) is 2.18. The lowest BCUT2D eigenvalue weighted by molar-refractivity contribution is 0.285. The molecule has 0 spiro atoms. The number of likely N-dealkylation sites (tertiary alicyclic amines) is 1. The molecule has 1 unspecified atom stereocenters. The molecule has 0 bridgehead atoms. The highest BCUT2D eigenvalue weighted by molar-refractivity contribution is 9.10. The van der Waals surface area contributed by atoms with Crippen LogP contribution >= 0.6 is 15.9 Å².